The molecular weight excluding hydrogens is 249 g/mol. The first kappa shape index (κ1) is 14.3. The Morgan fingerprint density at radius 3 is 2.39 bits per heavy atom. The van der Waals surface area contributed by atoms with Gasteiger partial charge in [0.1, 0.15) is 5.75 Å². The lowest BCUT2D eigenvalue weighted by Gasteiger charge is -2.10. The Labute approximate surface area is 102 Å². The lowest BCUT2D eigenvalue weighted by molar-refractivity contribution is -0.274. The number of carbonyl (C=O) groups is 1. The molecule has 0 aromatic heterocycles. The van der Waals surface area contributed by atoms with Crippen molar-refractivity contribution in [2.75, 3.05) is 6.54 Å². The van der Waals surface area contributed by atoms with Crippen molar-refractivity contribution in [1.82, 2.24) is 5.32 Å². The number of hydrogen-bond donors (Lipinski definition) is 2. The van der Waals surface area contributed by atoms with Gasteiger partial charge in [-0.05, 0) is 31.2 Å². The monoisotopic (exact) mass is 262 g/mol. The number of hydrogen-bond acceptors (Lipinski definition) is 3. The topological polar surface area (TPSA) is 64.3 Å². The summed E-state index contributed by atoms with van der Waals surface area (Å²) in [6.07, 6.45) is -4.74. The average Bonchev–Trinajstić information content (AvgIpc) is 2.24. The summed E-state index contributed by atoms with van der Waals surface area (Å²) in [5.41, 5.74) is 5.69. The minimum atomic E-state index is -4.74. The summed E-state index contributed by atoms with van der Waals surface area (Å²) in [4.78, 5) is 11.5. The summed E-state index contributed by atoms with van der Waals surface area (Å²) in [5.74, 6) is -0.767. The molecule has 1 rings (SSSR count). The van der Waals surface area contributed by atoms with Gasteiger partial charge in [-0.25, -0.2) is 0 Å². The average molecular weight is 262 g/mol. The van der Waals surface area contributed by atoms with Crippen molar-refractivity contribution in [2.45, 2.75) is 19.3 Å². The van der Waals surface area contributed by atoms with Crippen LogP contribution in [-0.4, -0.2) is 24.9 Å². The van der Waals surface area contributed by atoms with Gasteiger partial charge < -0.3 is 15.8 Å². The van der Waals surface area contributed by atoms with Gasteiger partial charge in [-0.2, -0.15) is 0 Å². The molecule has 100 valence electrons. The molecule has 0 fully saturated rings. The summed E-state index contributed by atoms with van der Waals surface area (Å²) in [7, 11) is 0. The van der Waals surface area contributed by atoms with E-state index in [0.29, 0.717) is 6.54 Å². The lowest BCUT2D eigenvalue weighted by Crippen LogP contribution is -2.35. The normalized spacial score (nSPS) is 12.9. The molecule has 18 heavy (non-hydrogen) atoms. The second-order valence-electron chi connectivity index (χ2n) is 3.76. The van der Waals surface area contributed by atoms with E-state index >= 15 is 0 Å². The molecule has 0 aliphatic carbocycles. The number of ether oxygens (including phenoxy) is 1. The standard InChI is InChI=1S/C11H13F3N2O2/c1-7(15)6-16-10(17)8-2-4-9(5-3-8)18-11(12,13)14/h2-5,7H,6,15H2,1H3,(H,16,17). The van der Waals surface area contributed by atoms with Crippen molar-refractivity contribution in [3.63, 3.8) is 0 Å². The van der Waals surface area contributed by atoms with E-state index in [1.807, 2.05) is 0 Å². The van der Waals surface area contributed by atoms with Crippen molar-refractivity contribution >= 4 is 5.91 Å². The molecule has 7 heteroatoms. The number of benzene rings is 1. The number of amides is 1. The minimum Gasteiger partial charge on any atom is -0.406 e. The number of carbonyl (C=O) groups excluding carboxylic acids is 1. The molecule has 3 N–H and O–H groups in total. The number of nitrogens with one attached hydrogen (secondary N) is 1. The maximum atomic E-state index is 11.9. The van der Waals surface area contributed by atoms with Crippen molar-refractivity contribution < 1.29 is 22.7 Å². The zero-order chi connectivity index (χ0) is 13.8. The van der Waals surface area contributed by atoms with Gasteiger partial charge in [0.05, 0.1) is 0 Å². The van der Waals surface area contributed by atoms with E-state index in [9.17, 15) is 18.0 Å². The molecule has 4 nitrogen and oxygen atoms in total. The third kappa shape index (κ3) is 5.05. The number of nitrogens with two attached hydrogens (primary N) is 1. The molecule has 1 amide bonds. The van der Waals surface area contributed by atoms with Gasteiger partial charge in [-0.1, -0.05) is 0 Å². The fraction of sp³-hybridized carbons (Fsp3) is 0.364. The molecule has 1 unspecified atom stereocenters. The SMILES string of the molecule is CC(N)CNC(=O)c1ccc(OC(F)(F)F)cc1. The van der Waals surface area contributed by atoms with Gasteiger partial charge in [0.15, 0.2) is 0 Å². The first-order valence-corrected chi connectivity index (χ1v) is 5.17. The summed E-state index contributed by atoms with van der Waals surface area (Å²) in [5, 5.41) is 2.54. The maximum Gasteiger partial charge on any atom is 0.573 e. The summed E-state index contributed by atoms with van der Waals surface area (Å²) in [6.45, 7) is 2.01. The Balaban J connectivity index is 2.62. The van der Waals surface area contributed by atoms with E-state index in [1.54, 1.807) is 6.92 Å². The van der Waals surface area contributed by atoms with E-state index < -0.39 is 12.3 Å². The molecule has 0 heterocycles. The van der Waals surface area contributed by atoms with Crippen LogP contribution in [0.4, 0.5) is 13.2 Å². The van der Waals surface area contributed by atoms with Crippen LogP contribution in [0.5, 0.6) is 5.75 Å². The zero-order valence-corrected chi connectivity index (χ0v) is 9.62. The predicted octanol–water partition coefficient (Wildman–Crippen LogP) is 1.66. The molecule has 0 saturated carbocycles. The van der Waals surface area contributed by atoms with Gasteiger partial charge in [-0.15, -0.1) is 13.2 Å². The summed E-state index contributed by atoms with van der Waals surface area (Å²) in [6, 6.07) is 4.46. The Morgan fingerprint density at radius 2 is 1.94 bits per heavy atom. The van der Waals surface area contributed by atoms with Crippen LogP contribution in [0.3, 0.4) is 0 Å². The number of alkyl halides is 3. The first-order chi connectivity index (χ1) is 8.28. The van der Waals surface area contributed by atoms with Crippen LogP contribution in [0.2, 0.25) is 0 Å². The maximum absolute atomic E-state index is 11.9. The van der Waals surface area contributed by atoms with Gasteiger partial charge in [-0.3, -0.25) is 4.79 Å². The summed E-state index contributed by atoms with van der Waals surface area (Å²) < 4.78 is 39.4. The molecule has 0 bridgehead atoms. The molecule has 0 saturated heterocycles. The van der Waals surface area contributed by atoms with Gasteiger partial charge >= 0.3 is 6.36 Å². The molecule has 1 atom stereocenters. The van der Waals surface area contributed by atoms with E-state index in [0.717, 1.165) is 12.1 Å². The Morgan fingerprint density at radius 1 is 1.39 bits per heavy atom. The fourth-order valence-electron chi connectivity index (χ4n) is 1.16. The zero-order valence-electron chi connectivity index (χ0n) is 9.62. The van der Waals surface area contributed by atoms with E-state index in [-0.39, 0.29) is 17.4 Å². The van der Waals surface area contributed by atoms with Crippen LogP contribution in [0.15, 0.2) is 24.3 Å². The van der Waals surface area contributed by atoms with Crippen molar-refractivity contribution in [3.05, 3.63) is 29.8 Å². The molecule has 0 radical (unpaired) electrons. The Kier molecular flexibility index (Phi) is 4.55. The van der Waals surface area contributed by atoms with Crippen molar-refractivity contribution in [3.8, 4) is 5.75 Å². The quantitative estimate of drug-likeness (QED) is 0.867. The van der Waals surface area contributed by atoms with Crippen LogP contribution < -0.4 is 15.8 Å². The fourth-order valence-corrected chi connectivity index (χ4v) is 1.16. The molecule has 1 aromatic rings. The van der Waals surface area contributed by atoms with Crippen LogP contribution in [-0.2, 0) is 0 Å². The Hall–Kier alpha value is -1.76. The third-order valence-corrected chi connectivity index (χ3v) is 1.93. The van der Waals surface area contributed by atoms with E-state index in [1.165, 1.54) is 12.1 Å². The number of halogens is 3. The van der Waals surface area contributed by atoms with Crippen LogP contribution >= 0.6 is 0 Å². The smallest absolute Gasteiger partial charge is 0.406 e. The van der Waals surface area contributed by atoms with Crippen LogP contribution in [0, 0.1) is 0 Å². The van der Waals surface area contributed by atoms with Crippen molar-refractivity contribution in [1.29, 1.82) is 0 Å². The first-order valence-electron chi connectivity index (χ1n) is 5.17. The molecule has 1 aromatic carbocycles. The largest absolute Gasteiger partial charge is 0.573 e. The second kappa shape index (κ2) is 5.72. The third-order valence-electron chi connectivity index (χ3n) is 1.93. The van der Waals surface area contributed by atoms with Crippen LogP contribution in [0.1, 0.15) is 17.3 Å². The highest BCUT2D eigenvalue weighted by molar-refractivity contribution is 5.94. The van der Waals surface area contributed by atoms with Gasteiger partial charge in [0.2, 0.25) is 0 Å². The lowest BCUT2D eigenvalue weighted by atomic mass is 10.2. The van der Waals surface area contributed by atoms with Crippen LogP contribution in [0.25, 0.3) is 0 Å². The predicted molar refractivity (Wildman–Crippen MR) is 59.1 cm³/mol. The summed E-state index contributed by atoms with van der Waals surface area (Å²) >= 11 is 0. The number of rotatable bonds is 4. The highest BCUT2D eigenvalue weighted by Crippen LogP contribution is 2.22. The van der Waals surface area contributed by atoms with E-state index in [4.69, 9.17) is 5.73 Å². The highest BCUT2D eigenvalue weighted by Gasteiger charge is 2.31. The van der Waals surface area contributed by atoms with Gasteiger partial charge in [0, 0.05) is 18.2 Å². The molecular formula is C11H13F3N2O2. The Bertz CT molecular complexity index is 402. The molecule has 0 aliphatic heterocycles. The minimum absolute atomic E-state index is 0.193. The highest BCUT2D eigenvalue weighted by atomic mass is 19.4. The van der Waals surface area contributed by atoms with Crippen molar-refractivity contribution in [2.24, 2.45) is 5.73 Å². The molecule has 0 aliphatic rings. The van der Waals surface area contributed by atoms with E-state index in [2.05, 4.69) is 10.1 Å². The molecule has 0 spiro atoms. The van der Waals surface area contributed by atoms with Gasteiger partial charge in [0.25, 0.3) is 5.91 Å². The second-order valence-corrected chi connectivity index (χ2v) is 3.76.